The second kappa shape index (κ2) is 8.08. The van der Waals surface area contributed by atoms with E-state index in [4.69, 9.17) is 4.74 Å². The minimum absolute atomic E-state index is 0.798. The maximum absolute atomic E-state index is 5.05. The fraction of sp³-hybridized carbons (Fsp3) is 1.00. The summed E-state index contributed by atoms with van der Waals surface area (Å²) in [6.45, 7) is 9.32. The van der Waals surface area contributed by atoms with Gasteiger partial charge in [-0.05, 0) is 38.3 Å². The summed E-state index contributed by atoms with van der Waals surface area (Å²) in [6.07, 6.45) is 3.82. The van der Waals surface area contributed by atoms with Crippen molar-refractivity contribution in [3.05, 3.63) is 0 Å². The van der Waals surface area contributed by atoms with Gasteiger partial charge in [0.1, 0.15) is 0 Å². The van der Waals surface area contributed by atoms with Crippen LogP contribution in [0.5, 0.6) is 0 Å². The van der Waals surface area contributed by atoms with Crippen molar-refractivity contribution in [2.24, 2.45) is 5.92 Å². The van der Waals surface area contributed by atoms with Gasteiger partial charge in [-0.3, -0.25) is 0 Å². The highest BCUT2D eigenvalue weighted by molar-refractivity contribution is 4.70. The van der Waals surface area contributed by atoms with Crippen molar-refractivity contribution in [1.29, 1.82) is 0 Å². The first-order valence-corrected chi connectivity index (χ1v) is 6.25. The van der Waals surface area contributed by atoms with Crippen LogP contribution >= 0.6 is 0 Å². The lowest BCUT2D eigenvalue weighted by atomic mass is 10.1. The molecule has 0 bridgehead atoms. The van der Waals surface area contributed by atoms with Gasteiger partial charge in [0.25, 0.3) is 0 Å². The summed E-state index contributed by atoms with van der Waals surface area (Å²) in [5.74, 6) is 0.798. The molecule has 0 aromatic heterocycles. The van der Waals surface area contributed by atoms with Crippen LogP contribution in [0, 0.1) is 5.92 Å². The Morgan fingerprint density at radius 3 is 3.00 bits per heavy atom. The predicted octanol–water partition coefficient (Wildman–Crippen LogP) is 1.34. The van der Waals surface area contributed by atoms with E-state index in [0.717, 1.165) is 19.1 Å². The van der Waals surface area contributed by atoms with Gasteiger partial charge in [0.2, 0.25) is 0 Å². The van der Waals surface area contributed by atoms with E-state index in [1.807, 2.05) is 0 Å². The molecular weight excluding hydrogens is 188 g/mol. The first-order chi connectivity index (χ1) is 7.33. The van der Waals surface area contributed by atoms with Crippen molar-refractivity contribution < 1.29 is 4.74 Å². The number of methoxy groups -OCH3 is 1. The number of hydrogen-bond donors (Lipinski definition) is 1. The standard InChI is InChI=1S/C12H26N2O/c1-12-10-13-6-8-14(11-12)7-4-3-5-9-15-2/h12-13H,3-11H2,1-2H3. The second-order valence-electron chi connectivity index (χ2n) is 4.66. The highest BCUT2D eigenvalue weighted by atomic mass is 16.5. The zero-order valence-electron chi connectivity index (χ0n) is 10.3. The summed E-state index contributed by atoms with van der Waals surface area (Å²) in [5.41, 5.74) is 0. The summed E-state index contributed by atoms with van der Waals surface area (Å²) < 4.78 is 5.05. The first kappa shape index (κ1) is 12.9. The Labute approximate surface area is 94.2 Å². The Morgan fingerprint density at radius 2 is 2.20 bits per heavy atom. The Hall–Kier alpha value is -0.120. The molecule has 0 saturated carbocycles. The highest BCUT2D eigenvalue weighted by Crippen LogP contribution is 2.05. The maximum atomic E-state index is 5.05. The number of nitrogens with one attached hydrogen (secondary N) is 1. The normalized spacial score (nSPS) is 24.0. The monoisotopic (exact) mass is 214 g/mol. The molecule has 3 nitrogen and oxygen atoms in total. The summed E-state index contributed by atoms with van der Waals surface area (Å²) in [5, 5.41) is 3.48. The van der Waals surface area contributed by atoms with Gasteiger partial charge in [0.05, 0.1) is 0 Å². The van der Waals surface area contributed by atoms with Crippen LogP contribution in [0.25, 0.3) is 0 Å². The molecule has 15 heavy (non-hydrogen) atoms. The lowest BCUT2D eigenvalue weighted by Gasteiger charge is -2.21. The molecule has 1 aliphatic rings. The van der Waals surface area contributed by atoms with E-state index in [1.54, 1.807) is 7.11 Å². The Bertz CT molecular complexity index is 153. The minimum atomic E-state index is 0.798. The molecule has 0 radical (unpaired) electrons. The van der Waals surface area contributed by atoms with Crippen LogP contribution in [0.15, 0.2) is 0 Å². The Balaban J connectivity index is 2.03. The molecule has 0 aromatic carbocycles. The van der Waals surface area contributed by atoms with Gasteiger partial charge in [-0.15, -0.1) is 0 Å². The molecule has 0 spiro atoms. The number of hydrogen-bond acceptors (Lipinski definition) is 3. The molecule has 90 valence electrons. The van der Waals surface area contributed by atoms with Crippen molar-refractivity contribution in [2.75, 3.05) is 46.4 Å². The Morgan fingerprint density at radius 1 is 1.33 bits per heavy atom. The van der Waals surface area contributed by atoms with Gasteiger partial charge < -0.3 is 15.0 Å². The number of unbranched alkanes of at least 4 members (excludes halogenated alkanes) is 2. The minimum Gasteiger partial charge on any atom is -0.385 e. The van der Waals surface area contributed by atoms with Gasteiger partial charge in [0.15, 0.2) is 0 Å². The molecular formula is C12H26N2O. The van der Waals surface area contributed by atoms with Crippen LogP contribution in [0.2, 0.25) is 0 Å². The first-order valence-electron chi connectivity index (χ1n) is 6.25. The maximum Gasteiger partial charge on any atom is 0.0462 e. The van der Waals surface area contributed by atoms with E-state index in [-0.39, 0.29) is 0 Å². The summed E-state index contributed by atoms with van der Waals surface area (Å²) >= 11 is 0. The lowest BCUT2D eigenvalue weighted by molar-refractivity contribution is 0.188. The highest BCUT2D eigenvalue weighted by Gasteiger charge is 2.13. The summed E-state index contributed by atoms with van der Waals surface area (Å²) in [4.78, 5) is 2.59. The van der Waals surface area contributed by atoms with Gasteiger partial charge >= 0.3 is 0 Å². The van der Waals surface area contributed by atoms with Gasteiger partial charge in [-0.25, -0.2) is 0 Å². The van der Waals surface area contributed by atoms with E-state index in [1.165, 1.54) is 45.4 Å². The van der Waals surface area contributed by atoms with E-state index in [0.29, 0.717) is 0 Å². The number of ether oxygens (including phenoxy) is 1. The Kier molecular flexibility index (Phi) is 6.98. The van der Waals surface area contributed by atoms with E-state index >= 15 is 0 Å². The fourth-order valence-corrected chi connectivity index (χ4v) is 2.14. The average molecular weight is 214 g/mol. The van der Waals surface area contributed by atoms with Crippen molar-refractivity contribution in [3.63, 3.8) is 0 Å². The smallest absolute Gasteiger partial charge is 0.0462 e. The predicted molar refractivity (Wildman–Crippen MR) is 64.2 cm³/mol. The average Bonchev–Trinajstić information content (AvgIpc) is 2.43. The number of rotatable bonds is 6. The quantitative estimate of drug-likeness (QED) is 0.675. The third kappa shape index (κ3) is 6.13. The van der Waals surface area contributed by atoms with E-state index in [2.05, 4.69) is 17.1 Å². The summed E-state index contributed by atoms with van der Waals surface area (Å²) in [6, 6.07) is 0. The van der Waals surface area contributed by atoms with Gasteiger partial charge in [-0.1, -0.05) is 6.92 Å². The molecule has 1 saturated heterocycles. The zero-order valence-corrected chi connectivity index (χ0v) is 10.3. The van der Waals surface area contributed by atoms with Gasteiger partial charge in [0, 0.05) is 33.4 Å². The lowest BCUT2D eigenvalue weighted by Crippen LogP contribution is -2.30. The molecule has 1 atom stereocenters. The van der Waals surface area contributed by atoms with Crippen LogP contribution in [0.1, 0.15) is 26.2 Å². The molecule has 1 aliphatic heterocycles. The third-order valence-corrected chi connectivity index (χ3v) is 2.99. The molecule has 1 heterocycles. The molecule has 1 fully saturated rings. The molecule has 1 rings (SSSR count). The molecule has 0 aliphatic carbocycles. The largest absolute Gasteiger partial charge is 0.385 e. The third-order valence-electron chi connectivity index (χ3n) is 2.99. The van der Waals surface area contributed by atoms with E-state index in [9.17, 15) is 0 Å². The van der Waals surface area contributed by atoms with Crippen molar-refractivity contribution in [3.8, 4) is 0 Å². The second-order valence-corrected chi connectivity index (χ2v) is 4.66. The topological polar surface area (TPSA) is 24.5 Å². The van der Waals surface area contributed by atoms with Gasteiger partial charge in [-0.2, -0.15) is 0 Å². The van der Waals surface area contributed by atoms with Crippen LogP contribution in [-0.2, 0) is 4.74 Å². The van der Waals surface area contributed by atoms with Crippen LogP contribution in [0.3, 0.4) is 0 Å². The van der Waals surface area contributed by atoms with Crippen LogP contribution in [0.4, 0.5) is 0 Å². The zero-order chi connectivity index (χ0) is 10.9. The molecule has 1 unspecified atom stereocenters. The molecule has 0 aromatic rings. The number of nitrogens with zero attached hydrogens (tertiary/aromatic N) is 1. The summed E-state index contributed by atoms with van der Waals surface area (Å²) in [7, 11) is 1.78. The SMILES string of the molecule is COCCCCCN1CCNCC(C)C1. The van der Waals surface area contributed by atoms with Crippen molar-refractivity contribution in [1.82, 2.24) is 10.2 Å². The molecule has 3 heteroatoms. The fourth-order valence-electron chi connectivity index (χ4n) is 2.14. The van der Waals surface area contributed by atoms with Crippen LogP contribution < -0.4 is 5.32 Å². The van der Waals surface area contributed by atoms with Crippen LogP contribution in [-0.4, -0.2) is 51.3 Å². The van der Waals surface area contributed by atoms with E-state index < -0.39 is 0 Å². The van der Waals surface area contributed by atoms with Crippen molar-refractivity contribution >= 4 is 0 Å². The molecule has 1 N–H and O–H groups in total. The van der Waals surface area contributed by atoms with Crippen molar-refractivity contribution in [2.45, 2.75) is 26.2 Å². The molecule has 0 amide bonds.